The molecule has 0 amide bonds. The molecule has 0 unspecified atom stereocenters. The largest absolute Gasteiger partial charge is 0.314 e. The topological polar surface area (TPSA) is 24.9 Å². The lowest BCUT2D eigenvalue weighted by atomic mass is 10.2. The monoisotopic (exact) mass is 302 g/mol. The van der Waals surface area contributed by atoms with E-state index < -0.39 is 0 Å². The lowest BCUT2D eigenvalue weighted by Crippen LogP contribution is -2.29. The Morgan fingerprint density at radius 1 is 1.25 bits per heavy atom. The Bertz CT molecular complexity index is 625. The molecule has 104 valence electrons. The van der Waals surface area contributed by atoms with E-state index in [1.165, 1.54) is 15.3 Å². The molecule has 0 radical (unpaired) electrons. The maximum atomic E-state index is 4.69. The van der Waals surface area contributed by atoms with Crippen molar-refractivity contribution in [2.75, 3.05) is 6.54 Å². The molecule has 0 aliphatic carbocycles. The summed E-state index contributed by atoms with van der Waals surface area (Å²) in [5.41, 5.74) is 2.55. The molecule has 1 atom stereocenters. The summed E-state index contributed by atoms with van der Waals surface area (Å²) in [5.74, 6) is 0. The number of hydrogen-bond donors (Lipinski definition) is 1. The van der Waals surface area contributed by atoms with Crippen LogP contribution in [0.4, 0.5) is 0 Å². The van der Waals surface area contributed by atoms with E-state index in [0.29, 0.717) is 6.04 Å². The molecule has 1 N–H and O–H groups in total. The first-order valence-electron chi connectivity index (χ1n) is 6.90. The molecule has 4 heteroatoms. The molecule has 3 aromatic rings. The molecule has 2 nitrogen and oxygen atoms in total. The van der Waals surface area contributed by atoms with E-state index in [1.54, 1.807) is 11.3 Å². The van der Waals surface area contributed by atoms with E-state index in [2.05, 4.69) is 47.3 Å². The summed E-state index contributed by atoms with van der Waals surface area (Å²) in [5, 5.41) is 9.17. The first kappa shape index (κ1) is 13.7. The van der Waals surface area contributed by atoms with Gasteiger partial charge in [0.25, 0.3) is 0 Å². The van der Waals surface area contributed by atoms with Gasteiger partial charge in [-0.15, -0.1) is 11.3 Å². The highest BCUT2D eigenvalue weighted by molar-refractivity contribution is 7.18. The summed E-state index contributed by atoms with van der Waals surface area (Å²) < 4.78 is 1.29. The number of fused-ring (bicyclic) bond motifs is 1. The predicted octanol–water partition coefficient (Wildman–Crippen LogP) is 4.12. The van der Waals surface area contributed by atoms with Crippen LogP contribution >= 0.6 is 22.7 Å². The predicted molar refractivity (Wildman–Crippen MR) is 88.8 cm³/mol. The number of nitrogens with one attached hydrogen (secondary N) is 1. The van der Waals surface area contributed by atoms with Crippen molar-refractivity contribution in [2.45, 2.75) is 25.8 Å². The van der Waals surface area contributed by atoms with Crippen LogP contribution in [0.5, 0.6) is 0 Å². The minimum absolute atomic E-state index is 0.467. The van der Waals surface area contributed by atoms with Crippen molar-refractivity contribution < 1.29 is 0 Å². The molecule has 2 heterocycles. The van der Waals surface area contributed by atoms with Crippen molar-refractivity contribution in [1.82, 2.24) is 10.3 Å². The zero-order chi connectivity index (χ0) is 13.8. The minimum Gasteiger partial charge on any atom is -0.314 e. The van der Waals surface area contributed by atoms with E-state index >= 15 is 0 Å². The van der Waals surface area contributed by atoms with Crippen LogP contribution < -0.4 is 5.32 Å². The Kier molecular flexibility index (Phi) is 4.45. The number of para-hydroxylation sites is 1. The average molecular weight is 302 g/mol. The maximum Gasteiger partial charge on any atom is 0.0954 e. The van der Waals surface area contributed by atoms with Crippen LogP contribution in [-0.2, 0) is 12.8 Å². The Labute approximate surface area is 127 Å². The van der Waals surface area contributed by atoms with Gasteiger partial charge in [-0.05, 0) is 54.4 Å². The van der Waals surface area contributed by atoms with Crippen LogP contribution in [0.3, 0.4) is 0 Å². The Balaban J connectivity index is 1.51. The zero-order valence-corrected chi connectivity index (χ0v) is 13.1. The third kappa shape index (κ3) is 3.45. The van der Waals surface area contributed by atoms with Gasteiger partial charge in [0.05, 0.1) is 15.2 Å². The second-order valence-corrected chi connectivity index (χ2v) is 6.91. The quantitative estimate of drug-likeness (QED) is 0.741. The fraction of sp³-hybridized carbons (Fsp3) is 0.312. The molecule has 0 saturated heterocycles. The van der Waals surface area contributed by atoms with Crippen LogP contribution in [0.25, 0.3) is 10.2 Å². The van der Waals surface area contributed by atoms with Gasteiger partial charge in [0.15, 0.2) is 0 Å². The Hall–Kier alpha value is -1.23. The first-order valence-corrected chi connectivity index (χ1v) is 8.66. The molecular weight excluding hydrogens is 284 g/mol. The molecule has 1 aromatic carbocycles. The molecular formula is C16H18N2S2. The normalized spacial score (nSPS) is 12.8. The van der Waals surface area contributed by atoms with Gasteiger partial charge in [-0.25, -0.2) is 4.98 Å². The standard InChI is InChI=1S/C16H18N2S2/c1-12(17-8-6-13-7-9-19-11-13)10-16-18-14-4-2-3-5-15(14)20-16/h2-5,7,9,11-12,17H,6,8,10H2,1H3/t12-/m1/s1. The van der Waals surface area contributed by atoms with E-state index in [9.17, 15) is 0 Å². The maximum absolute atomic E-state index is 4.69. The molecule has 0 fully saturated rings. The van der Waals surface area contributed by atoms with Crippen LogP contribution in [0, 0.1) is 0 Å². The summed E-state index contributed by atoms with van der Waals surface area (Å²) in [6.07, 6.45) is 2.11. The molecule has 0 saturated carbocycles. The van der Waals surface area contributed by atoms with Crippen molar-refractivity contribution in [2.24, 2.45) is 0 Å². The number of rotatable bonds is 6. The van der Waals surface area contributed by atoms with Gasteiger partial charge in [0, 0.05) is 12.5 Å². The van der Waals surface area contributed by atoms with Gasteiger partial charge in [0.2, 0.25) is 0 Å². The molecule has 2 aromatic heterocycles. The second-order valence-electron chi connectivity index (χ2n) is 5.02. The van der Waals surface area contributed by atoms with Crippen LogP contribution in [-0.4, -0.2) is 17.6 Å². The van der Waals surface area contributed by atoms with E-state index in [4.69, 9.17) is 4.98 Å². The van der Waals surface area contributed by atoms with Gasteiger partial charge in [-0.1, -0.05) is 12.1 Å². The van der Waals surface area contributed by atoms with E-state index in [0.717, 1.165) is 24.9 Å². The smallest absolute Gasteiger partial charge is 0.0954 e. The molecule has 0 aliphatic heterocycles. The van der Waals surface area contributed by atoms with Crippen LogP contribution in [0.1, 0.15) is 17.5 Å². The molecule has 0 aliphatic rings. The summed E-state index contributed by atoms with van der Waals surface area (Å²) in [6, 6.07) is 11.0. The number of thiazole rings is 1. The number of benzene rings is 1. The summed E-state index contributed by atoms with van der Waals surface area (Å²) in [6.45, 7) is 3.27. The van der Waals surface area contributed by atoms with Gasteiger partial charge < -0.3 is 5.32 Å². The van der Waals surface area contributed by atoms with Gasteiger partial charge in [-0.2, -0.15) is 11.3 Å². The van der Waals surface area contributed by atoms with E-state index in [-0.39, 0.29) is 0 Å². The van der Waals surface area contributed by atoms with E-state index in [1.807, 2.05) is 17.4 Å². The van der Waals surface area contributed by atoms with Gasteiger partial charge in [0.1, 0.15) is 0 Å². The van der Waals surface area contributed by atoms with Gasteiger partial charge >= 0.3 is 0 Å². The Morgan fingerprint density at radius 2 is 2.15 bits per heavy atom. The average Bonchev–Trinajstić information content (AvgIpc) is 3.06. The number of thiophene rings is 1. The molecule has 3 rings (SSSR count). The number of hydrogen-bond acceptors (Lipinski definition) is 4. The third-order valence-corrected chi connectivity index (χ3v) is 5.10. The van der Waals surface area contributed by atoms with Crippen molar-refractivity contribution in [1.29, 1.82) is 0 Å². The highest BCUT2D eigenvalue weighted by Gasteiger charge is 2.08. The third-order valence-electron chi connectivity index (χ3n) is 3.31. The first-order chi connectivity index (χ1) is 9.81. The fourth-order valence-electron chi connectivity index (χ4n) is 2.24. The number of nitrogens with zero attached hydrogens (tertiary/aromatic N) is 1. The lowest BCUT2D eigenvalue weighted by molar-refractivity contribution is 0.548. The minimum atomic E-state index is 0.467. The Morgan fingerprint density at radius 3 is 2.95 bits per heavy atom. The molecule has 20 heavy (non-hydrogen) atoms. The van der Waals surface area contributed by atoms with Crippen LogP contribution in [0.15, 0.2) is 41.1 Å². The summed E-state index contributed by atoms with van der Waals surface area (Å²) in [7, 11) is 0. The highest BCUT2D eigenvalue weighted by atomic mass is 32.1. The number of aromatic nitrogens is 1. The summed E-state index contributed by atoms with van der Waals surface area (Å²) in [4.78, 5) is 4.69. The van der Waals surface area contributed by atoms with Crippen LogP contribution in [0.2, 0.25) is 0 Å². The lowest BCUT2D eigenvalue weighted by Gasteiger charge is -2.11. The SMILES string of the molecule is C[C@H](Cc1nc2ccccc2s1)NCCc1ccsc1. The van der Waals surface area contributed by atoms with Crippen molar-refractivity contribution >= 4 is 32.9 Å². The zero-order valence-electron chi connectivity index (χ0n) is 11.5. The van der Waals surface area contributed by atoms with Crippen molar-refractivity contribution in [3.63, 3.8) is 0 Å². The van der Waals surface area contributed by atoms with Crippen molar-refractivity contribution in [3.05, 3.63) is 51.7 Å². The molecule has 0 spiro atoms. The van der Waals surface area contributed by atoms with Crippen molar-refractivity contribution in [3.8, 4) is 0 Å². The second kappa shape index (κ2) is 6.48. The summed E-state index contributed by atoms with van der Waals surface area (Å²) >= 11 is 3.57. The van der Waals surface area contributed by atoms with Gasteiger partial charge in [-0.3, -0.25) is 0 Å². The highest BCUT2D eigenvalue weighted by Crippen LogP contribution is 2.22. The molecule has 0 bridgehead atoms. The fourth-order valence-corrected chi connectivity index (χ4v) is 4.04.